The molecular formula is C22H16F4N4O2. The number of fused-ring (bicyclic) bond motifs is 4. The van der Waals surface area contributed by atoms with E-state index in [-0.39, 0.29) is 40.5 Å². The molecule has 0 saturated heterocycles. The standard InChI is InChI=1S/C22H16F4N4O2/c1-30(22(32)16-6-11-15(28-16)3-2-12(23)20(11)26)18-8-27-7-17-19(18)9-4-13(24)14(25)5-10(9)21(31)29-17/h2-6,18,27-28H,7-8H2,1H3,(H,29,31)/t18-/m1/s1. The fraction of sp³-hybridized carbons (Fsp3) is 0.182. The van der Waals surface area contributed by atoms with Crippen molar-refractivity contribution in [1.29, 1.82) is 0 Å². The number of nitrogens with one attached hydrogen (secondary N) is 3. The van der Waals surface area contributed by atoms with Crippen LogP contribution in [-0.4, -0.2) is 34.4 Å². The summed E-state index contributed by atoms with van der Waals surface area (Å²) in [5, 5.41) is 3.21. The molecular weight excluding hydrogens is 428 g/mol. The van der Waals surface area contributed by atoms with Crippen LogP contribution in [0.2, 0.25) is 0 Å². The molecule has 32 heavy (non-hydrogen) atoms. The van der Waals surface area contributed by atoms with Gasteiger partial charge < -0.3 is 20.2 Å². The predicted octanol–water partition coefficient (Wildman–Crippen LogP) is 3.48. The zero-order valence-corrected chi connectivity index (χ0v) is 16.7. The summed E-state index contributed by atoms with van der Waals surface area (Å²) in [5.41, 5.74) is 0.665. The Morgan fingerprint density at radius 1 is 0.969 bits per heavy atom. The number of benzene rings is 2. The van der Waals surface area contributed by atoms with Gasteiger partial charge >= 0.3 is 0 Å². The molecule has 3 heterocycles. The Hall–Kier alpha value is -3.66. The summed E-state index contributed by atoms with van der Waals surface area (Å²) in [6.45, 7) is 0.549. The molecule has 1 aliphatic heterocycles. The Bertz CT molecular complexity index is 1480. The first-order valence-electron chi connectivity index (χ1n) is 9.74. The maximum absolute atomic E-state index is 14.1. The lowest BCUT2D eigenvalue weighted by Crippen LogP contribution is -2.42. The molecule has 0 spiro atoms. The molecule has 0 saturated carbocycles. The third-order valence-corrected chi connectivity index (χ3v) is 5.87. The van der Waals surface area contributed by atoms with Gasteiger partial charge in [-0.2, -0.15) is 0 Å². The lowest BCUT2D eigenvalue weighted by molar-refractivity contribution is 0.0718. The molecule has 1 amide bonds. The summed E-state index contributed by atoms with van der Waals surface area (Å²) < 4.78 is 55.4. The van der Waals surface area contributed by atoms with Gasteiger partial charge in [-0.25, -0.2) is 17.6 Å². The number of likely N-dealkylation sites (N-methyl/N-ethyl adjacent to an activating group) is 1. The van der Waals surface area contributed by atoms with Gasteiger partial charge in [0.05, 0.1) is 11.4 Å². The number of aromatic nitrogens is 2. The molecule has 6 nitrogen and oxygen atoms in total. The first-order chi connectivity index (χ1) is 15.3. The highest BCUT2D eigenvalue weighted by molar-refractivity contribution is 5.98. The molecule has 0 unspecified atom stereocenters. The highest BCUT2D eigenvalue weighted by Crippen LogP contribution is 2.33. The molecule has 4 aromatic rings. The molecule has 0 aliphatic carbocycles. The summed E-state index contributed by atoms with van der Waals surface area (Å²) in [5.74, 6) is -4.87. The maximum Gasteiger partial charge on any atom is 0.270 e. The lowest BCUT2D eigenvalue weighted by atomic mass is 9.93. The monoisotopic (exact) mass is 444 g/mol. The normalized spacial score (nSPS) is 15.8. The van der Waals surface area contributed by atoms with Crippen LogP contribution in [0.15, 0.2) is 35.1 Å². The SMILES string of the molecule is CN(C(=O)c1cc2c(F)c(F)ccc2[nH]1)[C@@H]1CNCc2[nH]c(=O)c3cc(F)c(F)cc3c21. The Kier molecular flexibility index (Phi) is 4.55. The van der Waals surface area contributed by atoms with Crippen molar-refractivity contribution in [2.24, 2.45) is 0 Å². The van der Waals surface area contributed by atoms with Crippen LogP contribution in [0.5, 0.6) is 0 Å². The number of nitrogens with zero attached hydrogens (tertiary/aromatic N) is 1. The van der Waals surface area contributed by atoms with Crippen molar-refractivity contribution in [1.82, 2.24) is 20.2 Å². The zero-order valence-electron chi connectivity index (χ0n) is 16.7. The van der Waals surface area contributed by atoms with Gasteiger partial charge in [-0.15, -0.1) is 0 Å². The van der Waals surface area contributed by atoms with E-state index in [1.807, 2.05) is 0 Å². The van der Waals surface area contributed by atoms with Gasteiger partial charge in [-0.3, -0.25) is 9.59 Å². The average molecular weight is 444 g/mol. The topological polar surface area (TPSA) is 81.0 Å². The van der Waals surface area contributed by atoms with Crippen LogP contribution < -0.4 is 10.9 Å². The van der Waals surface area contributed by atoms with Crippen LogP contribution >= 0.6 is 0 Å². The molecule has 0 fully saturated rings. The van der Waals surface area contributed by atoms with Crippen molar-refractivity contribution in [3.63, 3.8) is 0 Å². The first-order valence-corrected chi connectivity index (χ1v) is 9.74. The summed E-state index contributed by atoms with van der Waals surface area (Å²) in [4.78, 5) is 32.4. The minimum Gasteiger partial charge on any atom is -0.350 e. The van der Waals surface area contributed by atoms with Crippen LogP contribution in [0.1, 0.15) is 27.8 Å². The number of pyridine rings is 1. The number of rotatable bonds is 2. The van der Waals surface area contributed by atoms with Gasteiger partial charge in [0, 0.05) is 42.3 Å². The maximum atomic E-state index is 14.1. The fourth-order valence-electron chi connectivity index (χ4n) is 4.27. The molecule has 1 aliphatic rings. The molecule has 164 valence electrons. The summed E-state index contributed by atoms with van der Waals surface area (Å²) >= 11 is 0. The van der Waals surface area contributed by atoms with E-state index >= 15 is 0 Å². The Morgan fingerprint density at radius 2 is 1.69 bits per heavy atom. The van der Waals surface area contributed by atoms with Crippen LogP contribution in [0.25, 0.3) is 21.7 Å². The highest BCUT2D eigenvalue weighted by Gasteiger charge is 2.31. The number of hydrogen-bond acceptors (Lipinski definition) is 3. The number of hydrogen-bond donors (Lipinski definition) is 3. The van der Waals surface area contributed by atoms with Crippen molar-refractivity contribution in [3.8, 4) is 0 Å². The first kappa shape index (κ1) is 20.3. The third-order valence-electron chi connectivity index (χ3n) is 5.87. The van der Waals surface area contributed by atoms with Crippen molar-refractivity contribution >= 4 is 27.6 Å². The number of aromatic amines is 2. The van der Waals surface area contributed by atoms with Gasteiger partial charge in [-0.05, 0) is 35.7 Å². The molecule has 5 rings (SSSR count). The molecule has 3 N–H and O–H groups in total. The van der Waals surface area contributed by atoms with E-state index in [1.165, 1.54) is 24.1 Å². The number of amides is 1. The van der Waals surface area contributed by atoms with Crippen LogP contribution in [0.3, 0.4) is 0 Å². The lowest BCUT2D eigenvalue weighted by Gasteiger charge is -2.34. The summed E-state index contributed by atoms with van der Waals surface area (Å²) in [7, 11) is 1.50. The van der Waals surface area contributed by atoms with E-state index in [0.29, 0.717) is 11.3 Å². The smallest absolute Gasteiger partial charge is 0.270 e. The van der Waals surface area contributed by atoms with Gasteiger partial charge in [0.1, 0.15) is 5.69 Å². The minimum absolute atomic E-state index is 0.0291. The van der Waals surface area contributed by atoms with E-state index in [4.69, 9.17) is 0 Å². The van der Waals surface area contributed by atoms with Crippen LogP contribution in [0, 0.1) is 23.3 Å². The van der Waals surface area contributed by atoms with Crippen molar-refractivity contribution < 1.29 is 22.4 Å². The number of H-pyrrole nitrogens is 2. The number of carbonyl (C=O) groups is 1. The second kappa shape index (κ2) is 7.20. The Morgan fingerprint density at radius 3 is 2.44 bits per heavy atom. The van der Waals surface area contributed by atoms with E-state index < -0.39 is 40.8 Å². The van der Waals surface area contributed by atoms with E-state index in [2.05, 4.69) is 15.3 Å². The largest absolute Gasteiger partial charge is 0.350 e. The molecule has 2 aromatic carbocycles. The number of halogens is 4. The van der Waals surface area contributed by atoms with Gasteiger partial charge in [0.25, 0.3) is 11.5 Å². The average Bonchev–Trinajstić information content (AvgIpc) is 3.21. The molecule has 2 aromatic heterocycles. The van der Waals surface area contributed by atoms with Crippen molar-refractivity contribution in [2.45, 2.75) is 12.6 Å². The van der Waals surface area contributed by atoms with Crippen LogP contribution in [0.4, 0.5) is 17.6 Å². The quantitative estimate of drug-likeness (QED) is 0.414. The summed E-state index contributed by atoms with van der Waals surface area (Å²) in [6.07, 6.45) is 0. The second-order valence-electron chi connectivity index (χ2n) is 7.73. The zero-order chi connectivity index (χ0) is 22.7. The van der Waals surface area contributed by atoms with Crippen LogP contribution in [-0.2, 0) is 6.54 Å². The van der Waals surface area contributed by atoms with Crippen molar-refractivity contribution in [3.05, 3.63) is 80.9 Å². The van der Waals surface area contributed by atoms with Crippen molar-refractivity contribution in [2.75, 3.05) is 13.6 Å². The predicted molar refractivity (Wildman–Crippen MR) is 109 cm³/mol. The third kappa shape index (κ3) is 2.98. The Balaban J connectivity index is 1.62. The number of carbonyl (C=O) groups excluding carboxylic acids is 1. The minimum atomic E-state index is -1.15. The van der Waals surface area contributed by atoms with Gasteiger partial charge in [-0.1, -0.05) is 0 Å². The van der Waals surface area contributed by atoms with E-state index in [9.17, 15) is 27.2 Å². The highest BCUT2D eigenvalue weighted by atomic mass is 19.2. The molecule has 0 bridgehead atoms. The fourth-order valence-corrected chi connectivity index (χ4v) is 4.27. The second-order valence-corrected chi connectivity index (χ2v) is 7.73. The Labute approximate surface area is 177 Å². The molecule has 10 heteroatoms. The summed E-state index contributed by atoms with van der Waals surface area (Å²) in [6, 6.07) is 4.66. The van der Waals surface area contributed by atoms with Gasteiger partial charge in [0.15, 0.2) is 23.3 Å². The molecule has 0 radical (unpaired) electrons. The molecule has 1 atom stereocenters. The van der Waals surface area contributed by atoms with Gasteiger partial charge in [0.2, 0.25) is 0 Å². The van der Waals surface area contributed by atoms with E-state index in [1.54, 1.807) is 0 Å². The van der Waals surface area contributed by atoms with E-state index in [0.717, 1.165) is 18.2 Å².